The summed E-state index contributed by atoms with van der Waals surface area (Å²) in [6, 6.07) is 7.33. The van der Waals surface area contributed by atoms with Crippen LogP contribution in [0.2, 0.25) is 0 Å². The molecule has 1 aromatic carbocycles. The Hall–Kier alpha value is -1.06. The lowest BCUT2D eigenvalue weighted by atomic mass is 10.0. The fourth-order valence-electron chi connectivity index (χ4n) is 2.94. The SMILES string of the molecule is CCOc1ccc(C(C)N)cc1CN(CC1CC1)C1CC1. The first-order valence-corrected chi connectivity index (χ1v) is 8.42. The second-order valence-corrected chi connectivity index (χ2v) is 6.69. The van der Waals surface area contributed by atoms with Crippen molar-refractivity contribution in [1.29, 1.82) is 0 Å². The smallest absolute Gasteiger partial charge is 0.123 e. The van der Waals surface area contributed by atoms with E-state index in [0.717, 1.165) is 30.9 Å². The summed E-state index contributed by atoms with van der Waals surface area (Å²) in [4.78, 5) is 2.67. The van der Waals surface area contributed by atoms with E-state index >= 15 is 0 Å². The Morgan fingerprint density at radius 3 is 2.62 bits per heavy atom. The average molecular weight is 288 g/mol. The summed E-state index contributed by atoms with van der Waals surface area (Å²) < 4.78 is 5.83. The molecule has 0 radical (unpaired) electrons. The molecule has 3 heteroatoms. The Balaban J connectivity index is 1.77. The predicted octanol–water partition coefficient (Wildman–Crippen LogP) is 3.48. The van der Waals surface area contributed by atoms with Gasteiger partial charge in [-0.15, -0.1) is 0 Å². The Kier molecular flexibility index (Phi) is 4.51. The van der Waals surface area contributed by atoms with E-state index in [4.69, 9.17) is 10.5 Å². The molecule has 2 N–H and O–H groups in total. The van der Waals surface area contributed by atoms with Crippen molar-refractivity contribution in [2.24, 2.45) is 11.7 Å². The molecule has 0 amide bonds. The molecule has 21 heavy (non-hydrogen) atoms. The maximum absolute atomic E-state index is 6.05. The number of hydrogen-bond acceptors (Lipinski definition) is 3. The standard InChI is InChI=1S/C18H28N2O/c1-3-21-18-9-6-15(13(2)19)10-16(18)12-20(17-7-8-17)11-14-4-5-14/h6,9-10,13-14,17H,3-5,7-8,11-12,19H2,1-2H3. The summed E-state index contributed by atoms with van der Waals surface area (Å²) in [7, 11) is 0. The van der Waals surface area contributed by atoms with Crippen LogP contribution in [0.4, 0.5) is 0 Å². The van der Waals surface area contributed by atoms with Gasteiger partial charge in [0.15, 0.2) is 0 Å². The first-order chi connectivity index (χ1) is 10.2. The van der Waals surface area contributed by atoms with E-state index in [1.165, 1.54) is 43.4 Å². The largest absolute Gasteiger partial charge is 0.494 e. The monoisotopic (exact) mass is 288 g/mol. The summed E-state index contributed by atoms with van der Waals surface area (Å²) in [5.41, 5.74) is 8.55. The van der Waals surface area contributed by atoms with Crippen LogP contribution in [0.25, 0.3) is 0 Å². The van der Waals surface area contributed by atoms with E-state index in [-0.39, 0.29) is 6.04 Å². The molecule has 0 bridgehead atoms. The van der Waals surface area contributed by atoms with Crippen molar-refractivity contribution in [3.8, 4) is 5.75 Å². The molecule has 3 rings (SSSR count). The van der Waals surface area contributed by atoms with Gasteiger partial charge in [-0.25, -0.2) is 0 Å². The van der Waals surface area contributed by atoms with Gasteiger partial charge in [0.2, 0.25) is 0 Å². The van der Waals surface area contributed by atoms with Gasteiger partial charge in [-0.3, -0.25) is 4.90 Å². The Bertz CT molecular complexity index is 478. The van der Waals surface area contributed by atoms with Crippen LogP contribution in [0, 0.1) is 5.92 Å². The highest BCUT2D eigenvalue weighted by Gasteiger charge is 2.33. The van der Waals surface area contributed by atoms with Gasteiger partial charge in [-0.05, 0) is 63.1 Å². The predicted molar refractivity (Wildman–Crippen MR) is 86.4 cm³/mol. The number of nitrogens with zero attached hydrogens (tertiary/aromatic N) is 1. The molecule has 2 aliphatic rings. The van der Waals surface area contributed by atoms with Gasteiger partial charge in [0.05, 0.1) is 6.61 Å². The van der Waals surface area contributed by atoms with Crippen LogP contribution in [0.1, 0.15) is 56.7 Å². The van der Waals surface area contributed by atoms with Crippen molar-refractivity contribution in [3.63, 3.8) is 0 Å². The highest BCUT2D eigenvalue weighted by Crippen LogP contribution is 2.36. The van der Waals surface area contributed by atoms with Crippen molar-refractivity contribution in [2.45, 2.75) is 58.2 Å². The lowest BCUT2D eigenvalue weighted by Crippen LogP contribution is -2.28. The zero-order chi connectivity index (χ0) is 14.8. The molecule has 0 saturated heterocycles. The van der Waals surface area contributed by atoms with E-state index in [0.29, 0.717) is 0 Å². The van der Waals surface area contributed by atoms with Crippen LogP contribution < -0.4 is 10.5 Å². The fourth-order valence-corrected chi connectivity index (χ4v) is 2.94. The number of ether oxygens (including phenoxy) is 1. The Labute approximate surface area is 128 Å². The van der Waals surface area contributed by atoms with Gasteiger partial charge >= 0.3 is 0 Å². The van der Waals surface area contributed by atoms with Crippen LogP contribution in [0.3, 0.4) is 0 Å². The number of nitrogens with two attached hydrogens (primary N) is 1. The Morgan fingerprint density at radius 2 is 2.05 bits per heavy atom. The molecule has 2 aliphatic carbocycles. The highest BCUT2D eigenvalue weighted by atomic mass is 16.5. The average Bonchev–Trinajstić information content (AvgIpc) is 3.33. The number of rotatable bonds is 8. The lowest BCUT2D eigenvalue weighted by molar-refractivity contribution is 0.238. The van der Waals surface area contributed by atoms with Crippen LogP contribution in [0.15, 0.2) is 18.2 Å². The van der Waals surface area contributed by atoms with E-state index in [2.05, 4.69) is 23.1 Å². The molecule has 0 spiro atoms. The van der Waals surface area contributed by atoms with E-state index in [1.54, 1.807) is 0 Å². The second-order valence-electron chi connectivity index (χ2n) is 6.69. The molecule has 1 unspecified atom stereocenters. The zero-order valence-corrected chi connectivity index (χ0v) is 13.3. The first kappa shape index (κ1) is 14.9. The van der Waals surface area contributed by atoms with Crippen molar-refractivity contribution in [2.75, 3.05) is 13.2 Å². The Morgan fingerprint density at radius 1 is 1.29 bits per heavy atom. The molecule has 116 valence electrons. The topological polar surface area (TPSA) is 38.5 Å². The van der Waals surface area contributed by atoms with Crippen molar-refractivity contribution >= 4 is 0 Å². The quantitative estimate of drug-likeness (QED) is 0.796. The molecule has 1 aromatic rings. The molecule has 1 atom stereocenters. The van der Waals surface area contributed by atoms with Crippen LogP contribution >= 0.6 is 0 Å². The molecule has 0 aliphatic heterocycles. The minimum atomic E-state index is 0.0808. The van der Waals surface area contributed by atoms with Gasteiger partial charge < -0.3 is 10.5 Å². The summed E-state index contributed by atoms with van der Waals surface area (Å²) in [6.07, 6.45) is 5.57. The fraction of sp³-hybridized carbons (Fsp3) is 0.667. The van der Waals surface area contributed by atoms with E-state index in [1.807, 2.05) is 13.8 Å². The van der Waals surface area contributed by atoms with Gasteiger partial charge in [-0.1, -0.05) is 6.07 Å². The van der Waals surface area contributed by atoms with Gasteiger partial charge in [-0.2, -0.15) is 0 Å². The van der Waals surface area contributed by atoms with Crippen molar-refractivity contribution in [1.82, 2.24) is 4.90 Å². The molecule has 2 fully saturated rings. The molecular formula is C18H28N2O. The van der Waals surface area contributed by atoms with Crippen LogP contribution in [0.5, 0.6) is 5.75 Å². The summed E-state index contributed by atoms with van der Waals surface area (Å²) in [5, 5.41) is 0. The van der Waals surface area contributed by atoms with Gasteiger partial charge in [0.25, 0.3) is 0 Å². The molecule has 0 aromatic heterocycles. The second kappa shape index (κ2) is 6.37. The summed E-state index contributed by atoms with van der Waals surface area (Å²) in [5.74, 6) is 1.97. The molecule has 3 nitrogen and oxygen atoms in total. The normalized spacial score (nSPS) is 19.8. The molecular weight excluding hydrogens is 260 g/mol. The summed E-state index contributed by atoms with van der Waals surface area (Å²) >= 11 is 0. The first-order valence-electron chi connectivity index (χ1n) is 8.42. The van der Waals surface area contributed by atoms with Crippen molar-refractivity contribution < 1.29 is 4.74 Å². The highest BCUT2D eigenvalue weighted by molar-refractivity contribution is 5.38. The maximum Gasteiger partial charge on any atom is 0.123 e. The number of benzene rings is 1. The lowest BCUT2D eigenvalue weighted by Gasteiger charge is -2.24. The zero-order valence-electron chi connectivity index (χ0n) is 13.3. The van der Waals surface area contributed by atoms with Crippen LogP contribution in [-0.2, 0) is 6.54 Å². The minimum absolute atomic E-state index is 0.0808. The van der Waals surface area contributed by atoms with E-state index < -0.39 is 0 Å². The minimum Gasteiger partial charge on any atom is -0.494 e. The van der Waals surface area contributed by atoms with E-state index in [9.17, 15) is 0 Å². The maximum atomic E-state index is 6.05. The molecule has 0 heterocycles. The van der Waals surface area contributed by atoms with Gasteiger partial charge in [0, 0.05) is 30.7 Å². The number of hydrogen-bond donors (Lipinski definition) is 1. The van der Waals surface area contributed by atoms with Crippen molar-refractivity contribution in [3.05, 3.63) is 29.3 Å². The third kappa shape index (κ3) is 3.98. The molecule has 2 saturated carbocycles. The third-order valence-corrected chi connectivity index (χ3v) is 4.54. The van der Waals surface area contributed by atoms with Crippen LogP contribution in [-0.4, -0.2) is 24.1 Å². The van der Waals surface area contributed by atoms with Gasteiger partial charge in [0.1, 0.15) is 5.75 Å². The third-order valence-electron chi connectivity index (χ3n) is 4.54. The summed E-state index contributed by atoms with van der Waals surface area (Å²) in [6.45, 7) is 7.08.